The quantitative estimate of drug-likeness (QED) is 0.365. The zero-order valence-electron chi connectivity index (χ0n) is 23.5. The Bertz CT molecular complexity index is 1180. The maximum atomic E-state index is 13.7. The molecule has 2 aromatic rings. The Balaban J connectivity index is 1.58. The number of amides is 1. The number of ether oxygens (including phenoxy) is 7. The second-order valence-corrected chi connectivity index (χ2v) is 10.5. The summed E-state index contributed by atoms with van der Waals surface area (Å²) in [7, 11) is 3.11. The fraction of sp³-hybridized carbons (Fsp3) is 0.552. The van der Waals surface area contributed by atoms with E-state index in [-0.39, 0.29) is 44.3 Å². The van der Waals surface area contributed by atoms with Crippen LogP contribution in [0.3, 0.4) is 0 Å². The Morgan fingerprint density at radius 2 is 1.68 bits per heavy atom. The topological polar surface area (TPSA) is 93.7 Å². The number of hydrogen-bond acceptors (Lipinski definition) is 8. The van der Waals surface area contributed by atoms with E-state index < -0.39 is 36.1 Å². The number of carbonyl (C=O) groups is 1. The molecule has 9 nitrogen and oxygen atoms in total. The highest BCUT2D eigenvalue weighted by Crippen LogP contribution is 2.44. The van der Waals surface area contributed by atoms with Crippen molar-refractivity contribution in [1.29, 1.82) is 0 Å². The van der Waals surface area contributed by atoms with Crippen molar-refractivity contribution in [2.45, 2.75) is 76.0 Å². The van der Waals surface area contributed by atoms with Crippen molar-refractivity contribution in [3.8, 4) is 11.5 Å². The molecule has 1 saturated carbocycles. The van der Waals surface area contributed by atoms with Crippen LogP contribution in [0, 0.1) is 0 Å². The maximum Gasteiger partial charge on any atom is 0.573 e. The summed E-state index contributed by atoms with van der Waals surface area (Å²) in [6.45, 7) is 4.19. The van der Waals surface area contributed by atoms with Gasteiger partial charge in [0, 0.05) is 26.5 Å². The van der Waals surface area contributed by atoms with Gasteiger partial charge in [0.2, 0.25) is 0 Å². The molecule has 0 aromatic heterocycles. The first-order valence-corrected chi connectivity index (χ1v) is 13.3. The average Bonchev–Trinajstić information content (AvgIpc) is 3.23. The first kappa shape index (κ1) is 31.0. The normalized spacial score (nSPS) is 25.4. The van der Waals surface area contributed by atoms with E-state index in [9.17, 15) is 18.0 Å². The van der Waals surface area contributed by atoms with Gasteiger partial charge in [0.1, 0.15) is 17.6 Å². The Labute approximate surface area is 237 Å². The van der Waals surface area contributed by atoms with Crippen molar-refractivity contribution in [3.63, 3.8) is 0 Å². The lowest BCUT2D eigenvalue weighted by Crippen LogP contribution is -2.60. The van der Waals surface area contributed by atoms with E-state index >= 15 is 0 Å². The van der Waals surface area contributed by atoms with Crippen LogP contribution in [0.25, 0.3) is 0 Å². The van der Waals surface area contributed by atoms with Crippen LogP contribution in [-0.2, 0) is 41.7 Å². The molecular formula is C29H36F3NO8. The summed E-state index contributed by atoms with van der Waals surface area (Å²) < 4.78 is 77.6. The number of nitrogens with one attached hydrogen (secondary N) is 1. The van der Waals surface area contributed by atoms with Gasteiger partial charge in [0.15, 0.2) is 11.4 Å². The Morgan fingerprint density at radius 1 is 1.00 bits per heavy atom. The van der Waals surface area contributed by atoms with Gasteiger partial charge in [-0.3, -0.25) is 4.79 Å². The van der Waals surface area contributed by atoms with E-state index in [1.807, 2.05) is 24.3 Å². The number of alkyl halides is 3. The van der Waals surface area contributed by atoms with Gasteiger partial charge in [-0.15, -0.1) is 13.2 Å². The molecule has 1 N–H and O–H groups in total. The van der Waals surface area contributed by atoms with Crippen LogP contribution in [0.2, 0.25) is 0 Å². The lowest BCUT2D eigenvalue weighted by atomic mass is 9.78. The largest absolute Gasteiger partial charge is 0.573 e. The van der Waals surface area contributed by atoms with Crippen LogP contribution < -0.4 is 14.8 Å². The molecule has 2 aromatic carbocycles. The van der Waals surface area contributed by atoms with Gasteiger partial charge in [-0.25, -0.2) is 0 Å². The van der Waals surface area contributed by atoms with Crippen LogP contribution in [0.5, 0.6) is 11.5 Å². The van der Waals surface area contributed by atoms with Gasteiger partial charge in [0.05, 0.1) is 39.1 Å². The van der Waals surface area contributed by atoms with Crippen LogP contribution in [0.15, 0.2) is 48.5 Å². The summed E-state index contributed by atoms with van der Waals surface area (Å²) >= 11 is 0. The molecule has 41 heavy (non-hydrogen) atoms. The molecular weight excluding hydrogens is 547 g/mol. The molecule has 1 aliphatic carbocycles. The smallest absolute Gasteiger partial charge is 0.497 e. The predicted molar refractivity (Wildman–Crippen MR) is 140 cm³/mol. The second-order valence-electron chi connectivity index (χ2n) is 10.5. The second kappa shape index (κ2) is 13.0. The summed E-state index contributed by atoms with van der Waals surface area (Å²) in [6.07, 6.45) is -6.23. The number of rotatable bonds is 12. The third-order valence-electron chi connectivity index (χ3n) is 6.90. The Hall–Kier alpha value is -2.90. The zero-order valence-corrected chi connectivity index (χ0v) is 23.5. The Kier molecular flexibility index (Phi) is 9.81. The van der Waals surface area contributed by atoms with Gasteiger partial charge in [-0.05, 0) is 49.2 Å². The average molecular weight is 584 g/mol. The summed E-state index contributed by atoms with van der Waals surface area (Å²) in [6, 6.07) is 12.9. The van der Waals surface area contributed by atoms with Crippen LogP contribution in [0.1, 0.15) is 37.8 Å². The van der Waals surface area contributed by atoms with Crippen molar-refractivity contribution in [2.24, 2.45) is 0 Å². The van der Waals surface area contributed by atoms with Crippen molar-refractivity contribution in [3.05, 3.63) is 59.7 Å². The molecule has 0 bridgehead atoms. The van der Waals surface area contributed by atoms with Crippen LogP contribution in [0.4, 0.5) is 13.2 Å². The highest BCUT2D eigenvalue weighted by atomic mass is 19.4. The van der Waals surface area contributed by atoms with Crippen molar-refractivity contribution in [1.82, 2.24) is 5.32 Å². The van der Waals surface area contributed by atoms with Gasteiger partial charge < -0.3 is 38.5 Å². The van der Waals surface area contributed by atoms with Crippen molar-refractivity contribution < 1.29 is 51.1 Å². The summed E-state index contributed by atoms with van der Waals surface area (Å²) in [5.41, 5.74) is -0.0916. The monoisotopic (exact) mass is 583 g/mol. The molecule has 226 valence electrons. The number of carbonyl (C=O) groups excluding carboxylic acids is 1. The van der Waals surface area contributed by atoms with E-state index in [4.69, 9.17) is 28.4 Å². The molecule has 2 aliphatic rings. The SMILES string of the molecule is COCCNC(=O)[C@@]1(OCc2cccc(OC)c2)CC(OCc2cccc(OC(F)(F)F)c2)[C@@H]2OC(C)(C)O[C@@H]2C1. The summed E-state index contributed by atoms with van der Waals surface area (Å²) in [5.74, 6) is -0.985. The number of halogens is 3. The predicted octanol–water partition coefficient (Wildman–Crippen LogP) is 4.51. The summed E-state index contributed by atoms with van der Waals surface area (Å²) in [5, 5.41) is 2.89. The van der Waals surface area contributed by atoms with Crippen molar-refractivity contribution in [2.75, 3.05) is 27.4 Å². The highest BCUT2D eigenvalue weighted by molar-refractivity contribution is 5.85. The number of fused-ring (bicyclic) bond motifs is 1. The van der Waals surface area contributed by atoms with Crippen LogP contribution >= 0.6 is 0 Å². The van der Waals surface area contributed by atoms with E-state index in [0.717, 1.165) is 5.56 Å². The van der Waals surface area contributed by atoms with E-state index in [0.29, 0.717) is 17.9 Å². The molecule has 2 fully saturated rings. The molecule has 1 aliphatic heterocycles. The zero-order chi connectivity index (χ0) is 29.7. The fourth-order valence-corrected chi connectivity index (χ4v) is 5.16. The molecule has 0 spiro atoms. The molecule has 4 rings (SSSR count). The third kappa shape index (κ3) is 8.32. The minimum absolute atomic E-state index is 0.0516. The minimum Gasteiger partial charge on any atom is -0.497 e. The molecule has 0 radical (unpaired) electrons. The minimum atomic E-state index is -4.81. The maximum absolute atomic E-state index is 13.7. The molecule has 4 atom stereocenters. The lowest BCUT2D eigenvalue weighted by Gasteiger charge is -2.43. The highest BCUT2D eigenvalue weighted by Gasteiger charge is 2.58. The lowest BCUT2D eigenvalue weighted by molar-refractivity contribution is -0.274. The number of benzene rings is 2. The third-order valence-corrected chi connectivity index (χ3v) is 6.90. The van der Waals surface area contributed by atoms with Crippen LogP contribution in [-0.4, -0.2) is 69.3 Å². The standard InChI is InChI=1S/C29H36F3NO8/c1-27(2)40-24-16-28(26(34)33-11-12-35-3,38-18-20-8-5-9-21(13-20)36-4)15-23(25(24)41-27)37-17-19-7-6-10-22(14-19)39-29(30,31)32/h5-10,13-14,23-25H,11-12,15-18H2,1-4H3,(H,33,34)/t23?,24-,25+,28-/m1/s1. The van der Waals surface area contributed by atoms with E-state index in [1.165, 1.54) is 25.3 Å². The fourth-order valence-electron chi connectivity index (χ4n) is 5.16. The molecule has 1 saturated heterocycles. The van der Waals surface area contributed by atoms with Gasteiger partial charge >= 0.3 is 6.36 Å². The first-order valence-electron chi connectivity index (χ1n) is 13.3. The van der Waals surface area contributed by atoms with Gasteiger partial charge in [-0.2, -0.15) is 0 Å². The summed E-state index contributed by atoms with van der Waals surface area (Å²) in [4.78, 5) is 13.7. The molecule has 1 unspecified atom stereocenters. The van der Waals surface area contributed by atoms with E-state index in [1.54, 1.807) is 27.0 Å². The Morgan fingerprint density at radius 3 is 2.37 bits per heavy atom. The number of methoxy groups -OCH3 is 2. The van der Waals surface area contributed by atoms with Crippen molar-refractivity contribution >= 4 is 5.91 Å². The first-order chi connectivity index (χ1) is 19.4. The molecule has 1 amide bonds. The van der Waals surface area contributed by atoms with E-state index in [2.05, 4.69) is 10.1 Å². The van der Waals surface area contributed by atoms with Gasteiger partial charge in [0.25, 0.3) is 5.91 Å². The molecule has 12 heteroatoms. The molecule has 1 heterocycles. The number of hydrogen-bond donors (Lipinski definition) is 1. The van der Waals surface area contributed by atoms with Gasteiger partial charge in [-0.1, -0.05) is 24.3 Å².